The fraction of sp³-hybridized carbons (Fsp3) is 0.900. The van der Waals surface area contributed by atoms with E-state index in [1.807, 2.05) is 0 Å². The first-order valence-corrected chi connectivity index (χ1v) is 5.12. The van der Waals surface area contributed by atoms with Crippen molar-refractivity contribution >= 4 is 5.97 Å². The molecule has 0 aliphatic heterocycles. The first-order chi connectivity index (χ1) is 7.44. The van der Waals surface area contributed by atoms with E-state index >= 15 is 0 Å². The van der Waals surface area contributed by atoms with Gasteiger partial charge in [0.05, 0.1) is 19.8 Å². The summed E-state index contributed by atoms with van der Waals surface area (Å²) in [4.78, 5) is 11.1. The van der Waals surface area contributed by atoms with E-state index < -0.39 is 17.7 Å². The molecule has 6 heteroatoms. The normalized spacial score (nSPS) is 16.6. The Morgan fingerprint density at radius 3 is 2.62 bits per heavy atom. The number of hydrogen-bond donors (Lipinski definition) is 3. The zero-order chi connectivity index (χ0) is 12.6. The summed E-state index contributed by atoms with van der Waals surface area (Å²) in [6, 6.07) is 0. The van der Waals surface area contributed by atoms with Crippen LogP contribution in [0.2, 0.25) is 0 Å². The Balaban J connectivity index is 3.69. The Morgan fingerprint density at radius 1 is 1.50 bits per heavy atom. The molecule has 0 amide bonds. The maximum absolute atomic E-state index is 11.1. The minimum Gasteiger partial charge on any atom is -0.467 e. The Morgan fingerprint density at radius 2 is 2.12 bits per heavy atom. The average molecular weight is 235 g/mol. The van der Waals surface area contributed by atoms with Gasteiger partial charge in [-0.15, -0.1) is 0 Å². The van der Waals surface area contributed by atoms with Gasteiger partial charge in [-0.1, -0.05) is 0 Å². The molecule has 0 rings (SSSR count). The van der Waals surface area contributed by atoms with Crippen molar-refractivity contribution in [2.24, 2.45) is 0 Å². The quantitative estimate of drug-likeness (QED) is 0.365. The number of aliphatic hydroxyl groups is 2. The largest absolute Gasteiger partial charge is 0.467 e. The predicted molar refractivity (Wildman–Crippen MR) is 58.0 cm³/mol. The van der Waals surface area contributed by atoms with Gasteiger partial charge in [0.25, 0.3) is 0 Å². The number of nitrogens with one attached hydrogen (secondary N) is 1. The number of rotatable bonds is 8. The topological polar surface area (TPSA) is 88.0 Å². The standard InChI is InChI=1S/C10H21NO5/c1-10(14,9(13)16-3)7-11-5-4-8(12)6-15-2/h8,11-12,14H,4-7H2,1-3H3. The summed E-state index contributed by atoms with van der Waals surface area (Å²) in [5.41, 5.74) is -1.54. The van der Waals surface area contributed by atoms with E-state index in [2.05, 4.69) is 10.1 Å². The van der Waals surface area contributed by atoms with E-state index in [4.69, 9.17) is 4.74 Å². The Kier molecular flexibility index (Phi) is 7.24. The van der Waals surface area contributed by atoms with Crippen molar-refractivity contribution < 1.29 is 24.5 Å². The van der Waals surface area contributed by atoms with Crippen molar-refractivity contribution in [1.29, 1.82) is 0 Å². The lowest BCUT2D eigenvalue weighted by atomic mass is 10.1. The summed E-state index contributed by atoms with van der Waals surface area (Å²) in [5.74, 6) is -0.683. The maximum Gasteiger partial charge on any atom is 0.338 e. The van der Waals surface area contributed by atoms with Gasteiger partial charge in [0.1, 0.15) is 0 Å². The number of ether oxygens (including phenoxy) is 2. The number of methoxy groups -OCH3 is 2. The Hall–Kier alpha value is -0.690. The molecular formula is C10H21NO5. The van der Waals surface area contributed by atoms with Gasteiger partial charge < -0.3 is 25.0 Å². The molecule has 0 saturated carbocycles. The zero-order valence-corrected chi connectivity index (χ0v) is 10.0. The first kappa shape index (κ1) is 15.3. The van der Waals surface area contributed by atoms with E-state index in [1.54, 1.807) is 0 Å². The molecule has 0 fully saturated rings. The zero-order valence-electron chi connectivity index (χ0n) is 10.0. The third-order valence-corrected chi connectivity index (χ3v) is 2.11. The Labute approximate surface area is 95.6 Å². The van der Waals surface area contributed by atoms with Gasteiger partial charge in [0.2, 0.25) is 0 Å². The van der Waals surface area contributed by atoms with Crippen LogP contribution in [0.3, 0.4) is 0 Å². The summed E-state index contributed by atoms with van der Waals surface area (Å²) in [6.07, 6.45) is -0.0500. The van der Waals surface area contributed by atoms with Crippen LogP contribution in [0.5, 0.6) is 0 Å². The van der Waals surface area contributed by atoms with Crippen LogP contribution in [0.4, 0.5) is 0 Å². The lowest BCUT2D eigenvalue weighted by molar-refractivity contribution is -0.159. The maximum atomic E-state index is 11.1. The van der Waals surface area contributed by atoms with Crippen molar-refractivity contribution in [2.75, 3.05) is 33.9 Å². The predicted octanol–water partition coefficient (Wildman–Crippen LogP) is -1.10. The second-order valence-electron chi connectivity index (χ2n) is 3.84. The summed E-state index contributed by atoms with van der Waals surface area (Å²) in [5, 5.41) is 21.8. The SMILES string of the molecule is COCC(O)CCNCC(C)(O)C(=O)OC. The highest BCUT2D eigenvalue weighted by Crippen LogP contribution is 2.03. The van der Waals surface area contributed by atoms with E-state index in [0.717, 1.165) is 0 Å². The molecule has 0 spiro atoms. The van der Waals surface area contributed by atoms with Crippen molar-refractivity contribution in [1.82, 2.24) is 5.32 Å². The molecule has 0 aromatic rings. The lowest BCUT2D eigenvalue weighted by Crippen LogP contribution is -2.46. The van der Waals surface area contributed by atoms with Gasteiger partial charge >= 0.3 is 5.97 Å². The molecule has 0 saturated heterocycles. The van der Waals surface area contributed by atoms with Gasteiger partial charge in [-0.25, -0.2) is 4.79 Å². The summed E-state index contributed by atoms with van der Waals surface area (Å²) in [6.45, 7) is 2.21. The number of carbonyl (C=O) groups is 1. The number of hydrogen-bond acceptors (Lipinski definition) is 6. The van der Waals surface area contributed by atoms with Crippen molar-refractivity contribution in [3.63, 3.8) is 0 Å². The van der Waals surface area contributed by atoms with Crippen LogP contribution in [0, 0.1) is 0 Å². The van der Waals surface area contributed by atoms with E-state index in [-0.39, 0.29) is 13.2 Å². The number of carbonyl (C=O) groups excluding carboxylic acids is 1. The molecule has 0 aromatic heterocycles. The van der Waals surface area contributed by atoms with Crippen LogP contribution >= 0.6 is 0 Å². The van der Waals surface area contributed by atoms with E-state index in [1.165, 1.54) is 21.1 Å². The van der Waals surface area contributed by atoms with Gasteiger partial charge in [0.15, 0.2) is 5.60 Å². The van der Waals surface area contributed by atoms with E-state index in [9.17, 15) is 15.0 Å². The molecule has 0 radical (unpaired) electrons. The van der Waals surface area contributed by atoms with Crippen LogP contribution in [-0.2, 0) is 14.3 Å². The highest BCUT2D eigenvalue weighted by molar-refractivity contribution is 5.78. The van der Waals surface area contributed by atoms with Crippen molar-refractivity contribution in [3.05, 3.63) is 0 Å². The lowest BCUT2D eigenvalue weighted by Gasteiger charge is -2.20. The highest BCUT2D eigenvalue weighted by atomic mass is 16.5. The third kappa shape index (κ3) is 6.02. The Bertz CT molecular complexity index is 207. The second-order valence-corrected chi connectivity index (χ2v) is 3.84. The molecular weight excluding hydrogens is 214 g/mol. The smallest absolute Gasteiger partial charge is 0.338 e. The molecule has 0 aliphatic rings. The van der Waals surface area contributed by atoms with Crippen LogP contribution in [0.15, 0.2) is 0 Å². The van der Waals surface area contributed by atoms with Gasteiger partial charge in [0, 0.05) is 13.7 Å². The molecule has 0 bridgehead atoms. The van der Waals surface area contributed by atoms with Crippen LogP contribution in [0.25, 0.3) is 0 Å². The van der Waals surface area contributed by atoms with Crippen molar-refractivity contribution in [2.45, 2.75) is 25.0 Å². The number of aliphatic hydroxyl groups excluding tert-OH is 1. The van der Waals surface area contributed by atoms with Crippen LogP contribution < -0.4 is 5.32 Å². The molecule has 3 N–H and O–H groups in total. The van der Waals surface area contributed by atoms with Gasteiger partial charge in [-0.3, -0.25) is 0 Å². The second kappa shape index (κ2) is 7.56. The molecule has 96 valence electrons. The minimum absolute atomic E-state index is 0.0827. The molecule has 2 atom stereocenters. The van der Waals surface area contributed by atoms with Gasteiger partial charge in [-0.05, 0) is 19.9 Å². The summed E-state index contributed by atoms with van der Waals surface area (Å²) < 4.78 is 9.19. The average Bonchev–Trinajstić information content (AvgIpc) is 2.23. The fourth-order valence-electron chi connectivity index (χ4n) is 1.17. The third-order valence-electron chi connectivity index (χ3n) is 2.11. The highest BCUT2D eigenvalue weighted by Gasteiger charge is 2.30. The number of esters is 1. The molecule has 0 aromatic carbocycles. The molecule has 6 nitrogen and oxygen atoms in total. The monoisotopic (exact) mass is 235 g/mol. The van der Waals surface area contributed by atoms with Crippen LogP contribution in [0.1, 0.15) is 13.3 Å². The fourth-order valence-corrected chi connectivity index (χ4v) is 1.17. The summed E-state index contributed by atoms with van der Waals surface area (Å²) >= 11 is 0. The van der Waals surface area contributed by atoms with Gasteiger partial charge in [-0.2, -0.15) is 0 Å². The molecule has 0 heterocycles. The molecule has 16 heavy (non-hydrogen) atoms. The first-order valence-electron chi connectivity index (χ1n) is 5.12. The summed E-state index contributed by atoms with van der Waals surface area (Å²) in [7, 11) is 2.73. The van der Waals surface area contributed by atoms with Crippen molar-refractivity contribution in [3.8, 4) is 0 Å². The molecule has 2 unspecified atom stereocenters. The van der Waals surface area contributed by atoms with E-state index in [0.29, 0.717) is 13.0 Å². The molecule has 0 aliphatic carbocycles. The minimum atomic E-state index is -1.54. The van der Waals surface area contributed by atoms with Crippen LogP contribution in [-0.4, -0.2) is 61.8 Å².